The van der Waals surface area contributed by atoms with Gasteiger partial charge in [0.05, 0.1) is 6.10 Å². The summed E-state index contributed by atoms with van der Waals surface area (Å²) in [5, 5.41) is 21.3. The van der Waals surface area contributed by atoms with Crippen molar-refractivity contribution in [2.75, 3.05) is 13.1 Å². The SMILES string of the molecule is O=C(O)[C@@H]1CC(O)CN1C(=O)NCCCc1ccccc1. The molecule has 3 N–H and O–H groups in total. The van der Waals surface area contributed by atoms with E-state index in [1.54, 1.807) is 0 Å². The predicted octanol–water partition coefficient (Wildman–Crippen LogP) is 0.849. The third kappa shape index (κ3) is 4.19. The fourth-order valence-electron chi connectivity index (χ4n) is 2.51. The van der Waals surface area contributed by atoms with Crippen molar-refractivity contribution >= 4 is 12.0 Å². The van der Waals surface area contributed by atoms with Gasteiger partial charge in [-0.2, -0.15) is 0 Å². The summed E-state index contributed by atoms with van der Waals surface area (Å²) in [6, 6.07) is 8.59. The molecule has 114 valence electrons. The Morgan fingerprint density at radius 1 is 1.29 bits per heavy atom. The Balaban J connectivity index is 1.75. The first-order valence-corrected chi connectivity index (χ1v) is 7.07. The van der Waals surface area contributed by atoms with Gasteiger partial charge in [-0.3, -0.25) is 0 Å². The summed E-state index contributed by atoms with van der Waals surface area (Å²) in [7, 11) is 0. The third-order valence-electron chi connectivity index (χ3n) is 3.59. The minimum absolute atomic E-state index is 0.0709. The topological polar surface area (TPSA) is 89.9 Å². The molecule has 0 bridgehead atoms. The predicted molar refractivity (Wildman–Crippen MR) is 76.9 cm³/mol. The molecule has 2 atom stereocenters. The van der Waals surface area contributed by atoms with Crippen molar-refractivity contribution < 1.29 is 19.8 Å². The van der Waals surface area contributed by atoms with Gasteiger partial charge >= 0.3 is 12.0 Å². The van der Waals surface area contributed by atoms with Crippen molar-refractivity contribution in [2.24, 2.45) is 0 Å². The second-order valence-corrected chi connectivity index (χ2v) is 5.22. The zero-order valence-corrected chi connectivity index (χ0v) is 11.7. The second-order valence-electron chi connectivity index (χ2n) is 5.22. The number of amides is 2. The van der Waals surface area contributed by atoms with Crippen molar-refractivity contribution in [2.45, 2.75) is 31.4 Å². The summed E-state index contributed by atoms with van der Waals surface area (Å²) < 4.78 is 0. The molecule has 1 aromatic carbocycles. The largest absolute Gasteiger partial charge is 0.480 e. The first kappa shape index (κ1) is 15.3. The van der Waals surface area contributed by atoms with E-state index in [1.807, 2.05) is 30.3 Å². The molecule has 0 aliphatic carbocycles. The molecule has 1 aromatic rings. The van der Waals surface area contributed by atoms with Gasteiger partial charge in [0.25, 0.3) is 0 Å². The minimum atomic E-state index is -1.08. The number of carbonyl (C=O) groups excluding carboxylic acids is 1. The van der Waals surface area contributed by atoms with E-state index in [-0.39, 0.29) is 13.0 Å². The standard InChI is InChI=1S/C15H20N2O4/c18-12-9-13(14(19)20)17(10-12)15(21)16-8-4-7-11-5-2-1-3-6-11/h1-3,5-6,12-13,18H,4,7-10H2,(H,16,21)(H,19,20)/t12?,13-/m0/s1. The number of urea groups is 1. The first-order chi connectivity index (χ1) is 10.1. The number of carbonyl (C=O) groups is 2. The van der Waals surface area contributed by atoms with Gasteiger partial charge in [0.15, 0.2) is 0 Å². The molecule has 1 fully saturated rings. The van der Waals surface area contributed by atoms with E-state index in [0.717, 1.165) is 12.8 Å². The Morgan fingerprint density at radius 3 is 2.67 bits per heavy atom. The average Bonchev–Trinajstić information content (AvgIpc) is 2.87. The Hall–Kier alpha value is -2.08. The van der Waals surface area contributed by atoms with E-state index >= 15 is 0 Å². The summed E-state index contributed by atoms with van der Waals surface area (Å²) in [5.74, 6) is -1.08. The van der Waals surface area contributed by atoms with Gasteiger partial charge in [-0.05, 0) is 18.4 Å². The quantitative estimate of drug-likeness (QED) is 0.702. The number of likely N-dealkylation sites (tertiary alicyclic amines) is 1. The molecule has 6 heteroatoms. The zero-order chi connectivity index (χ0) is 15.2. The van der Waals surface area contributed by atoms with Gasteiger partial charge in [-0.25, -0.2) is 9.59 Å². The molecule has 0 spiro atoms. The highest BCUT2D eigenvalue weighted by Gasteiger charge is 2.38. The Kier molecular flexibility index (Phi) is 5.16. The Morgan fingerprint density at radius 2 is 2.00 bits per heavy atom. The lowest BCUT2D eigenvalue weighted by Gasteiger charge is -2.21. The maximum absolute atomic E-state index is 12.0. The van der Waals surface area contributed by atoms with E-state index in [4.69, 9.17) is 5.11 Å². The number of β-amino-alcohol motifs (C(OH)–C–C–N with tert-alkyl or cyclic N) is 1. The smallest absolute Gasteiger partial charge is 0.326 e. The number of aliphatic hydroxyl groups is 1. The molecule has 1 aliphatic heterocycles. The van der Waals surface area contributed by atoms with Crippen molar-refractivity contribution in [1.29, 1.82) is 0 Å². The van der Waals surface area contributed by atoms with Crippen LogP contribution >= 0.6 is 0 Å². The van der Waals surface area contributed by atoms with Crippen LogP contribution in [-0.2, 0) is 11.2 Å². The lowest BCUT2D eigenvalue weighted by atomic mass is 10.1. The molecule has 2 amide bonds. The van der Waals surface area contributed by atoms with E-state index in [1.165, 1.54) is 10.5 Å². The first-order valence-electron chi connectivity index (χ1n) is 7.07. The highest BCUT2D eigenvalue weighted by molar-refractivity contribution is 5.83. The van der Waals surface area contributed by atoms with E-state index in [2.05, 4.69) is 5.32 Å². The van der Waals surface area contributed by atoms with Crippen LogP contribution in [0, 0.1) is 0 Å². The zero-order valence-electron chi connectivity index (χ0n) is 11.7. The number of rotatable bonds is 5. The molecule has 1 unspecified atom stereocenters. The number of benzene rings is 1. The molecule has 1 aliphatic rings. The number of hydrogen-bond donors (Lipinski definition) is 3. The summed E-state index contributed by atoms with van der Waals surface area (Å²) in [4.78, 5) is 24.2. The molecule has 0 saturated carbocycles. The van der Waals surface area contributed by atoms with Crippen LogP contribution in [0.4, 0.5) is 4.79 Å². The van der Waals surface area contributed by atoms with E-state index in [9.17, 15) is 14.7 Å². The number of carboxylic acids is 1. The van der Waals surface area contributed by atoms with Gasteiger partial charge in [0.2, 0.25) is 0 Å². The normalized spacial score (nSPS) is 21.3. The molecule has 21 heavy (non-hydrogen) atoms. The van der Waals surface area contributed by atoms with Crippen molar-refractivity contribution in [1.82, 2.24) is 10.2 Å². The fourth-order valence-corrected chi connectivity index (χ4v) is 2.51. The molecular formula is C15H20N2O4. The highest BCUT2D eigenvalue weighted by atomic mass is 16.4. The van der Waals surface area contributed by atoms with Crippen molar-refractivity contribution in [3.05, 3.63) is 35.9 Å². The number of aliphatic hydroxyl groups excluding tert-OH is 1. The molecule has 0 aromatic heterocycles. The van der Waals surface area contributed by atoms with Gasteiger partial charge in [0, 0.05) is 19.5 Å². The Labute approximate surface area is 123 Å². The lowest BCUT2D eigenvalue weighted by molar-refractivity contribution is -0.141. The molecule has 0 radical (unpaired) electrons. The van der Waals surface area contributed by atoms with Gasteiger partial charge in [-0.15, -0.1) is 0 Å². The monoisotopic (exact) mass is 292 g/mol. The van der Waals surface area contributed by atoms with Crippen molar-refractivity contribution in [3.63, 3.8) is 0 Å². The average molecular weight is 292 g/mol. The summed E-state index contributed by atoms with van der Waals surface area (Å²) in [6.07, 6.45) is 0.962. The summed E-state index contributed by atoms with van der Waals surface area (Å²) >= 11 is 0. The van der Waals surface area contributed by atoms with Gasteiger partial charge < -0.3 is 20.4 Å². The van der Waals surface area contributed by atoms with Crippen LogP contribution < -0.4 is 5.32 Å². The van der Waals surface area contributed by atoms with Crippen LogP contribution in [0.1, 0.15) is 18.4 Å². The maximum atomic E-state index is 12.0. The van der Waals surface area contributed by atoms with Crippen LogP contribution in [0.15, 0.2) is 30.3 Å². The van der Waals surface area contributed by atoms with E-state index in [0.29, 0.717) is 6.54 Å². The van der Waals surface area contributed by atoms with Crippen LogP contribution in [-0.4, -0.2) is 52.3 Å². The third-order valence-corrected chi connectivity index (χ3v) is 3.59. The van der Waals surface area contributed by atoms with Crippen LogP contribution in [0.2, 0.25) is 0 Å². The Bertz CT molecular complexity index is 492. The van der Waals surface area contributed by atoms with Gasteiger partial charge in [0.1, 0.15) is 6.04 Å². The number of nitrogens with one attached hydrogen (secondary N) is 1. The highest BCUT2D eigenvalue weighted by Crippen LogP contribution is 2.18. The second kappa shape index (κ2) is 7.08. The minimum Gasteiger partial charge on any atom is -0.480 e. The fraction of sp³-hybridized carbons (Fsp3) is 0.467. The molecule has 1 saturated heterocycles. The molecule has 2 rings (SSSR count). The van der Waals surface area contributed by atoms with Crippen LogP contribution in [0.3, 0.4) is 0 Å². The molecular weight excluding hydrogens is 272 g/mol. The van der Waals surface area contributed by atoms with Crippen molar-refractivity contribution in [3.8, 4) is 0 Å². The number of carboxylic acid groups (broad SMARTS) is 1. The summed E-state index contributed by atoms with van der Waals surface area (Å²) in [5.41, 5.74) is 1.20. The number of aliphatic carboxylic acids is 1. The van der Waals surface area contributed by atoms with Crippen LogP contribution in [0.25, 0.3) is 0 Å². The summed E-state index contributed by atoms with van der Waals surface area (Å²) in [6.45, 7) is 0.550. The number of hydrogen-bond acceptors (Lipinski definition) is 3. The van der Waals surface area contributed by atoms with E-state index < -0.39 is 24.1 Å². The van der Waals surface area contributed by atoms with Gasteiger partial charge in [-0.1, -0.05) is 30.3 Å². The molecule has 6 nitrogen and oxygen atoms in total. The van der Waals surface area contributed by atoms with Crippen LogP contribution in [0.5, 0.6) is 0 Å². The number of nitrogens with zero attached hydrogens (tertiary/aromatic N) is 1. The molecule has 1 heterocycles. The maximum Gasteiger partial charge on any atom is 0.326 e. The number of aryl methyl sites for hydroxylation is 1. The lowest BCUT2D eigenvalue weighted by Crippen LogP contribution is -2.46.